The van der Waals surface area contributed by atoms with E-state index in [2.05, 4.69) is 4.98 Å². The molecular formula is C10H11NO. The average Bonchev–Trinajstić information content (AvgIpc) is 2.06. The standard InChI is InChI=1S/C10H11NO/c1-2-5-10(12)8-9-6-3-4-7-11-9/h2-7H,8H2,1H3/b5-2+. The van der Waals surface area contributed by atoms with Crippen LogP contribution in [0.2, 0.25) is 0 Å². The van der Waals surface area contributed by atoms with Gasteiger partial charge in [0.05, 0.1) is 6.42 Å². The van der Waals surface area contributed by atoms with Crippen molar-refractivity contribution in [3.63, 3.8) is 0 Å². The summed E-state index contributed by atoms with van der Waals surface area (Å²) in [5.74, 6) is 0.0937. The zero-order valence-corrected chi connectivity index (χ0v) is 7.03. The van der Waals surface area contributed by atoms with Gasteiger partial charge in [-0.05, 0) is 25.1 Å². The molecule has 0 saturated heterocycles. The molecule has 62 valence electrons. The Morgan fingerprint density at radius 2 is 2.42 bits per heavy atom. The Hall–Kier alpha value is -1.44. The number of hydrogen-bond acceptors (Lipinski definition) is 2. The van der Waals surface area contributed by atoms with Crippen molar-refractivity contribution in [2.45, 2.75) is 13.3 Å². The molecule has 1 heterocycles. The van der Waals surface area contributed by atoms with Gasteiger partial charge in [-0.25, -0.2) is 0 Å². The molecule has 0 unspecified atom stereocenters. The molecule has 0 atom stereocenters. The number of nitrogens with zero attached hydrogens (tertiary/aromatic N) is 1. The van der Waals surface area contributed by atoms with Gasteiger partial charge < -0.3 is 0 Å². The van der Waals surface area contributed by atoms with Gasteiger partial charge in [-0.2, -0.15) is 0 Å². The molecule has 1 aromatic rings. The lowest BCUT2D eigenvalue weighted by molar-refractivity contribution is -0.114. The summed E-state index contributed by atoms with van der Waals surface area (Å²) in [5, 5.41) is 0. The molecule has 1 aromatic heterocycles. The van der Waals surface area contributed by atoms with E-state index in [4.69, 9.17) is 0 Å². The van der Waals surface area contributed by atoms with Crippen LogP contribution < -0.4 is 0 Å². The van der Waals surface area contributed by atoms with E-state index < -0.39 is 0 Å². The van der Waals surface area contributed by atoms with Crippen LogP contribution in [0.5, 0.6) is 0 Å². The zero-order chi connectivity index (χ0) is 8.81. The largest absolute Gasteiger partial charge is 0.294 e. The Labute approximate surface area is 71.9 Å². The quantitative estimate of drug-likeness (QED) is 0.632. The zero-order valence-electron chi connectivity index (χ0n) is 7.03. The topological polar surface area (TPSA) is 30.0 Å². The minimum absolute atomic E-state index is 0.0937. The summed E-state index contributed by atoms with van der Waals surface area (Å²) >= 11 is 0. The highest BCUT2D eigenvalue weighted by Crippen LogP contribution is 1.95. The fraction of sp³-hybridized carbons (Fsp3) is 0.200. The van der Waals surface area contributed by atoms with Gasteiger partial charge in [-0.1, -0.05) is 12.1 Å². The molecule has 0 spiro atoms. The van der Waals surface area contributed by atoms with E-state index in [1.165, 1.54) is 0 Å². The van der Waals surface area contributed by atoms with Crippen LogP contribution >= 0.6 is 0 Å². The number of carbonyl (C=O) groups excluding carboxylic acids is 1. The Kier molecular flexibility index (Phi) is 3.20. The maximum atomic E-state index is 11.1. The SMILES string of the molecule is C/C=C/C(=O)Cc1ccccn1. The van der Waals surface area contributed by atoms with E-state index in [9.17, 15) is 4.79 Å². The molecule has 0 aliphatic carbocycles. The molecule has 0 saturated carbocycles. The first-order valence-corrected chi connectivity index (χ1v) is 3.88. The van der Waals surface area contributed by atoms with E-state index in [0.717, 1.165) is 5.69 Å². The van der Waals surface area contributed by atoms with Gasteiger partial charge in [0.2, 0.25) is 0 Å². The second kappa shape index (κ2) is 4.44. The smallest absolute Gasteiger partial charge is 0.161 e. The molecule has 1 rings (SSSR count). The normalized spacial score (nSPS) is 10.4. The predicted molar refractivity (Wildman–Crippen MR) is 47.8 cm³/mol. The van der Waals surface area contributed by atoms with E-state index in [0.29, 0.717) is 6.42 Å². The highest BCUT2D eigenvalue weighted by atomic mass is 16.1. The maximum absolute atomic E-state index is 11.1. The lowest BCUT2D eigenvalue weighted by Gasteiger charge is -1.93. The van der Waals surface area contributed by atoms with Crippen LogP contribution in [0.1, 0.15) is 12.6 Å². The Morgan fingerprint density at radius 3 is 3.00 bits per heavy atom. The molecule has 0 bridgehead atoms. The minimum atomic E-state index is 0.0937. The summed E-state index contributed by atoms with van der Waals surface area (Å²) in [4.78, 5) is 15.1. The molecule has 0 radical (unpaired) electrons. The van der Waals surface area contributed by atoms with Crippen LogP contribution in [0, 0.1) is 0 Å². The van der Waals surface area contributed by atoms with Crippen LogP contribution in [0.25, 0.3) is 0 Å². The third kappa shape index (κ3) is 2.66. The first kappa shape index (κ1) is 8.65. The lowest BCUT2D eigenvalue weighted by atomic mass is 10.2. The van der Waals surface area contributed by atoms with E-state index in [1.807, 2.05) is 25.1 Å². The van der Waals surface area contributed by atoms with Crippen LogP contribution in [0.15, 0.2) is 36.5 Å². The third-order valence-electron chi connectivity index (χ3n) is 1.43. The molecule has 12 heavy (non-hydrogen) atoms. The molecule has 0 fully saturated rings. The molecule has 0 aliphatic rings. The first-order chi connectivity index (χ1) is 5.83. The molecule has 2 nitrogen and oxygen atoms in total. The second-order valence-electron chi connectivity index (χ2n) is 2.46. The number of allylic oxidation sites excluding steroid dienone is 2. The lowest BCUT2D eigenvalue weighted by Crippen LogP contribution is -1.99. The summed E-state index contributed by atoms with van der Waals surface area (Å²) < 4.78 is 0. The molecular weight excluding hydrogens is 150 g/mol. The van der Waals surface area contributed by atoms with Gasteiger partial charge in [-0.3, -0.25) is 9.78 Å². The number of aromatic nitrogens is 1. The molecule has 0 aliphatic heterocycles. The van der Waals surface area contributed by atoms with E-state index in [-0.39, 0.29) is 5.78 Å². The Bertz CT molecular complexity index is 277. The monoisotopic (exact) mass is 161 g/mol. The molecule has 0 amide bonds. The third-order valence-corrected chi connectivity index (χ3v) is 1.43. The molecule has 2 heteroatoms. The van der Waals surface area contributed by atoms with Crippen LogP contribution in [0.3, 0.4) is 0 Å². The highest BCUT2D eigenvalue weighted by Gasteiger charge is 1.98. The summed E-state index contributed by atoms with van der Waals surface area (Å²) in [6, 6.07) is 5.57. The van der Waals surface area contributed by atoms with Gasteiger partial charge in [0.15, 0.2) is 5.78 Å². The van der Waals surface area contributed by atoms with Gasteiger partial charge in [0, 0.05) is 11.9 Å². The van der Waals surface area contributed by atoms with Crippen molar-refractivity contribution in [1.82, 2.24) is 4.98 Å². The van der Waals surface area contributed by atoms with Crippen molar-refractivity contribution in [1.29, 1.82) is 0 Å². The van der Waals surface area contributed by atoms with Gasteiger partial charge in [-0.15, -0.1) is 0 Å². The summed E-state index contributed by atoms with van der Waals surface area (Å²) in [7, 11) is 0. The van der Waals surface area contributed by atoms with Gasteiger partial charge in [0.1, 0.15) is 0 Å². The fourth-order valence-electron chi connectivity index (χ4n) is 0.926. The number of hydrogen-bond donors (Lipinski definition) is 0. The van der Waals surface area contributed by atoms with Crippen molar-refractivity contribution in [2.24, 2.45) is 0 Å². The van der Waals surface area contributed by atoms with Crippen LogP contribution in [-0.2, 0) is 11.2 Å². The number of ketones is 1. The summed E-state index contributed by atoms with van der Waals surface area (Å²) in [6.07, 6.45) is 5.39. The van der Waals surface area contributed by atoms with Crippen molar-refractivity contribution in [2.75, 3.05) is 0 Å². The summed E-state index contributed by atoms with van der Waals surface area (Å²) in [6.45, 7) is 1.83. The number of carbonyl (C=O) groups is 1. The molecule has 0 aromatic carbocycles. The van der Waals surface area contributed by atoms with Crippen LogP contribution in [0.4, 0.5) is 0 Å². The minimum Gasteiger partial charge on any atom is -0.294 e. The van der Waals surface area contributed by atoms with Gasteiger partial charge in [0.25, 0.3) is 0 Å². The Balaban J connectivity index is 2.59. The van der Waals surface area contributed by atoms with Crippen molar-refractivity contribution in [3.8, 4) is 0 Å². The molecule has 0 N–H and O–H groups in total. The number of rotatable bonds is 3. The predicted octanol–water partition coefficient (Wildman–Crippen LogP) is 1.77. The van der Waals surface area contributed by atoms with E-state index in [1.54, 1.807) is 18.3 Å². The number of pyridine rings is 1. The Morgan fingerprint density at radius 1 is 1.58 bits per heavy atom. The van der Waals surface area contributed by atoms with Crippen LogP contribution in [-0.4, -0.2) is 10.8 Å². The van der Waals surface area contributed by atoms with Gasteiger partial charge >= 0.3 is 0 Å². The maximum Gasteiger partial charge on any atom is 0.161 e. The van der Waals surface area contributed by atoms with Crippen molar-refractivity contribution in [3.05, 3.63) is 42.2 Å². The van der Waals surface area contributed by atoms with Crippen molar-refractivity contribution >= 4 is 5.78 Å². The first-order valence-electron chi connectivity index (χ1n) is 3.88. The second-order valence-corrected chi connectivity index (χ2v) is 2.46. The van der Waals surface area contributed by atoms with E-state index >= 15 is 0 Å². The fourth-order valence-corrected chi connectivity index (χ4v) is 0.926. The summed E-state index contributed by atoms with van der Waals surface area (Å²) in [5.41, 5.74) is 0.820. The highest BCUT2D eigenvalue weighted by molar-refractivity contribution is 5.90. The average molecular weight is 161 g/mol. The van der Waals surface area contributed by atoms with Crippen molar-refractivity contribution < 1.29 is 4.79 Å².